The van der Waals surface area contributed by atoms with E-state index in [9.17, 15) is 0 Å². The van der Waals surface area contributed by atoms with E-state index in [1.165, 1.54) is 11.1 Å². The number of allylic oxidation sites excluding steroid dienone is 2. The quantitative estimate of drug-likeness (QED) is 0.510. The van der Waals surface area contributed by atoms with Gasteiger partial charge in [0.05, 0.1) is 0 Å². The Bertz CT molecular complexity index is 883. The van der Waals surface area contributed by atoms with E-state index in [2.05, 4.69) is 85.2 Å². The van der Waals surface area contributed by atoms with E-state index in [4.69, 9.17) is 0 Å². The average molecular weight is 473 g/mol. The van der Waals surface area contributed by atoms with Crippen LogP contribution in [0.25, 0.3) is 12.2 Å². The first-order valence-corrected chi connectivity index (χ1v) is 13.4. The van der Waals surface area contributed by atoms with Crippen LogP contribution in [0.4, 0.5) is 0 Å². The van der Waals surface area contributed by atoms with Crippen molar-refractivity contribution in [1.82, 2.24) is 0 Å². The van der Waals surface area contributed by atoms with Gasteiger partial charge >= 0.3 is 156 Å². The van der Waals surface area contributed by atoms with Gasteiger partial charge in [-0.1, -0.05) is 0 Å². The van der Waals surface area contributed by atoms with Crippen molar-refractivity contribution >= 4 is 20.2 Å². The number of rotatable bonds is 2. The van der Waals surface area contributed by atoms with E-state index in [1.54, 1.807) is 21.5 Å². The Hall–Kier alpha value is -0.920. The molecule has 2 aromatic carbocycles. The van der Waals surface area contributed by atoms with Crippen LogP contribution in [0.5, 0.6) is 0 Å². The maximum atomic E-state index is 4.30. The smallest absolute Gasteiger partial charge is 1.00 e. The Morgan fingerprint density at radius 1 is 0.731 bits per heavy atom. The molecule has 0 spiro atoms. The van der Waals surface area contributed by atoms with Crippen molar-refractivity contribution in [3.05, 3.63) is 106 Å². The number of hydrogen-bond acceptors (Lipinski definition) is 0. The van der Waals surface area contributed by atoms with Gasteiger partial charge in [-0.05, 0) is 0 Å². The summed E-state index contributed by atoms with van der Waals surface area (Å²) in [6.07, 6.45) is 4.97. The second kappa shape index (κ2) is 7.24. The van der Waals surface area contributed by atoms with Gasteiger partial charge in [-0.2, -0.15) is 0 Å². The molecule has 1 fully saturated rings. The van der Waals surface area contributed by atoms with E-state index >= 15 is 0 Å². The molecule has 0 bridgehead atoms. The van der Waals surface area contributed by atoms with E-state index in [-0.39, 0.29) is 24.8 Å². The molecular formula is C22H18Cl2SiZr. The maximum Gasteiger partial charge on any atom is -1.00 e. The largest absolute Gasteiger partial charge is 1.00 e. The molecule has 0 saturated carbocycles. The van der Waals surface area contributed by atoms with Gasteiger partial charge in [0.2, 0.25) is 0 Å². The van der Waals surface area contributed by atoms with Crippen LogP contribution < -0.4 is 24.8 Å². The fourth-order valence-corrected chi connectivity index (χ4v) is 16.9. The topological polar surface area (TPSA) is 0 Å². The number of hydrogen-bond donors (Lipinski definition) is 0. The number of benzene rings is 2. The summed E-state index contributed by atoms with van der Waals surface area (Å²) in [5.74, 6) is 0. The van der Waals surface area contributed by atoms with Crippen LogP contribution >= 0.6 is 0 Å². The summed E-state index contributed by atoms with van der Waals surface area (Å²) in [7, 11) is -1.99. The minimum atomic E-state index is -1.99. The van der Waals surface area contributed by atoms with E-state index in [1.807, 2.05) is 0 Å². The van der Waals surface area contributed by atoms with Gasteiger partial charge in [-0.15, -0.1) is 0 Å². The Balaban J connectivity index is 0.000000980. The predicted molar refractivity (Wildman–Crippen MR) is 100 cm³/mol. The summed E-state index contributed by atoms with van der Waals surface area (Å²) in [5.41, 5.74) is 10.6. The molecule has 2 unspecified atom stereocenters. The van der Waals surface area contributed by atoms with Gasteiger partial charge in [0.1, 0.15) is 0 Å². The molecule has 1 heterocycles. The standard InChI is InChI=1S/C22H18Si.2ClH.Zr/c1-3-23(4-2,21-13-17-9-5-6-10-18(17)14-21)22-15-19-11-7-8-12-20(19)16-22;;;/h3-16H,1-2H2;2*1H;/q;;;+2/p-2. The van der Waals surface area contributed by atoms with Crippen molar-refractivity contribution in [2.24, 2.45) is 0 Å². The third-order valence-electron chi connectivity index (χ3n) is 5.79. The zero-order valence-electron chi connectivity index (χ0n) is 14.3. The molecule has 0 nitrogen and oxygen atoms in total. The minimum Gasteiger partial charge on any atom is -1.00 e. The Labute approximate surface area is 180 Å². The average Bonchev–Trinajstić information content (AvgIpc) is 3.19. The Morgan fingerprint density at radius 2 is 1.15 bits per heavy atom. The van der Waals surface area contributed by atoms with Crippen molar-refractivity contribution in [1.29, 1.82) is 0 Å². The second-order valence-electron chi connectivity index (χ2n) is 6.77. The molecule has 3 aliphatic rings. The summed E-state index contributed by atoms with van der Waals surface area (Å²) < 4.78 is 1.39. The van der Waals surface area contributed by atoms with Gasteiger partial charge in [0.15, 0.2) is 0 Å². The molecule has 2 aromatic rings. The van der Waals surface area contributed by atoms with Gasteiger partial charge in [-0.25, -0.2) is 0 Å². The van der Waals surface area contributed by atoms with Crippen LogP contribution in [0.15, 0.2) is 83.5 Å². The van der Waals surface area contributed by atoms with E-state index in [0.29, 0.717) is 7.25 Å². The van der Waals surface area contributed by atoms with E-state index in [0.717, 1.165) is 0 Å². The van der Waals surface area contributed by atoms with Crippen LogP contribution in [0, 0.1) is 0 Å². The first kappa shape index (κ1) is 19.8. The Morgan fingerprint density at radius 3 is 1.58 bits per heavy atom. The van der Waals surface area contributed by atoms with E-state index < -0.39 is 31.3 Å². The molecule has 0 aromatic heterocycles. The van der Waals surface area contributed by atoms with Gasteiger partial charge in [-0.3, -0.25) is 0 Å². The second-order valence-corrected chi connectivity index (χ2v) is 14.1. The normalized spacial score (nSPS) is 22.3. The molecule has 5 rings (SSSR count). The molecular weight excluding hydrogens is 454 g/mol. The van der Waals surface area contributed by atoms with Crippen molar-refractivity contribution < 1.29 is 48.0 Å². The molecule has 1 aliphatic heterocycles. The van der Waals surface area contributed by atoms with Crippen LogP contribution in [0.3, 0.4) is 0 Å². The van der Waals surface area contributed by atoms with Gasteiger partial charge in [0.25, 0.3) is 0 Å². The van der Waals surface area contributed by atoms with Crippen molar-refractivity contribution in [3.63, 3.8) is 0 Å². The van der Waals surface area contributed by atoms with Gasteiger partial charge in [0, 0.05) is 0 Å². The molecule has 128 valence electrons. The summed E-state index contributed by atoms with van der Waals surface area (Å²) in [5, 5.41) is 3.33. The van der Waals surface area contributed by atoms with Crippen LogP contribution in [0.1, 0.15) is 29.5 Å². The summed E-state index contributed by atoms with van der Waals surface area (Å²) >= 11 is -0.676. The number of halogens is 2. The molecule has 2 atom stereocenters. The van der Waals surface area contributed by atoms with Crippen molar-refractivity contribution in [2.45, 2.75) is 7.25 Å². The van der Waals surface area contributed by atoms with Crippen LogP contribution in [0.2, 0.25) is 0 Å². The van der Waals surface area contributed by atoms with Crippen molar-refractivity contribution in [2.75, 3.05) is 0 Å². The predicted octanol–water partition coefficient (Wildman–Crippen LogP) is -0.655. The molecule has 0 radical (unpaired) electrons. The van der Waals surface area contributed by atoms with Crippen molar-refractivity contribution in [3.8, 4) is 0 Å². The molecule has 4 heteroatoms. The third kappa shape index (κ3) is 2.50. The molecule has 2 aliphatic carbocycles. The van der Waals surface area contributed by atoms with Gasteiger partial charge < -0.3 is 24.8 Å². The minimum absolute atomic E-state index is 0. The summed E-state index contributed by atoms with van der Waals surface area (Å²) in [6.45, 7) is 8.60. The fourth-order valence-electron chi connectivity index (χ4n) is 4.61. The summed E-state index contributed by atoms with van der Waals surface area (Å²) in [4.78, 5) is 0. The first-order valence-electron chi connectivity index (χ1n) is 8.44. The van der Waals surface area contributed by atoms with Crippen LogP contribution in [-0.2, 0) is 23.2 Å². The zero-order valence-corrected chi connectivity index (χ0v) is 19.2. The maximum absolute atomic E-state index is 4.30. The first-order chi connectivity index (χ1) is 11.8. The molecule has 26 heavy (non-hydrogen) atoms. The third-order valence-corrected chi connectivity index (χ3v) is 16.0. The molecule has 0 N–H and O–H groups in total. The molecule has 1 saturated heterocycles. The monoisotopic (exact) mass is 470 g/mol. The zero-order chi connectivity index (χ0) is 16.3. The SMILES string of the molecule is C=C[Si]1(C=C)C2=Cc3ccccc3[CH]2[Zr+2][CH]2C1=Cc1ccccc12.[Cl-].[Cl-]. The fraction of sp³-hybridized carbons (Fsp3) is 0.0909. The van der Waals surface area contributed by atoms with Crippen LogP contribution in [-0.4, -0.2) is 8.07 Å². The number of fused-ring (bicyclic) bond motifs is 6. The molecule has 0 amide bonds. The Kier molecular flexibility index (Phi) is 5.53. The summed E-state index contributed by atoms with van der Waals surface area (Å²) in [6, 6.07) is 18.0.